The predicted octanol–water partition coefficient (Wildman–Crippen LogP) is 5.10. The predicted molar refractivity (Wildman–Crippen MR) is 116 cm³/mol. The zero-order valence-corrected chi connectivity index (χ0v) is 17.6. The van der Waals surface area contributed by atoms with Crippen molar-refractivity contribution in [3.05, 3.63) is 89.3 Å². The molecular formula is C25H24N2O4. The zero-order valence-electron chi connectivity index (χ0n) is 17.6. The summed E-state index contributed by atoms with van der Waals surface area (Å²) >= 11 is 0. The molecule has 5 rings (SSSR count). The Bertz CT molecular complexity index is 1150. The molecule has 0 aliphatic carbocycles. The van der Waals surface area contributed by atoms with E-state index < -0.39 is 0 Å². The third-order valence-electron chi connectivity index (χ3n) is 5.78. The first-order valence-corrected chi connectivity index (χ1v) is 10.3. The van der Waals surface area contributed by atoms with Crippen LogP contribution in [0, 0.1) is 0 Å². The SMILES string of the molecule is COc1cc2c(cc1OC)C(c1ccccc1)N(Cc1cc(-c3ccco3)on1)CC2. The summed E-state index contributed by atoms with van der Waals surface area (Å²) in [6.45, 7) is 1.56. The maximum Gasteiger partial charge on any atom is 0.202 e. The van der Waals surface area contributed by atoms with Gasteiger partial charge in [-0.2, -0.15) is 0 Å². The number of benzene rings is 2. The summed E-state index contributed by atoms with van der Waals surface area (Å²) in [5, 5.41) is 4.29. The third-order valence-corrected chi connectivity index (χ3v) is 5.78. The van der Waals surface area contributed by atoms with Gasteiger partial charge in [0.15, 0.2) is 17.3 Å². The lowest BCUT2D eigenvalue weighted by Crippen LogP contribution is -2.35. The van der Waals surface area contributed by atoms with E-state index >= 15 is 0 Å². The number of fused-ring (bicyclic) bond motifs is 1. The van der Waals surface area contributed by atoms with Crippen molar-refractivity contribution in [2.45, 2.75) is 19.0 Å². The molecule has 0 fully saturated rings. The first-order valence-electron chi connectivity index (χ1n) is 10.3. The van der Waals surface area contributed by atoms with Crippen LogP contribution in [0.15, 0.2) is 75.9 Å². The molecule has 4 aromatic rings. The van der Waals surface area contributed by atoms with Crippen LogP contribution in [0.3, 0.4) is 0 Å². The van der Waals surface area contributed by atoms with E-state index in [1.165, 1.54) is 16.7 Å². The van der Waals surface area contributed by atoms with Gasteiger partial charge in [0.2, 0.25) is 5.76 Å². The summed E-state index contributed by atoms with van der Waals surface area (Å²) in [7, 11) is 3.35. The Hall–Kier alpha value is -3.51. The molecule has 1 atom stereocenters. The molecule has 0 N–H and O–H groups in total. The standard InChI is InChI=1S/C25H24N2O4/c1-28-22-13-18-10-11-27(16-19-14-24(31-26-19)21-9-6-12-30-21)25(17-7-4-3-5-8-17)20(18)15-23(22)29-2/h3-9,12-15,25H,10-11,16H2,1-2H3. The fraction of sp³-hybridized carbons (Fsp3) is 0.240. The molecule has 0 spiro atoms. The van der Waals surface area contributed by atoms with E-state index in [0.29, 0.717) is 18.1 Å². The minimum absolute atomic E-state index is 0.0773. The van der Waals surface area contributed by atoms with Gasteiger partial charge in [0.05, 0.1) is 32.2 Å². The minimum atomic E-state index is 0.0773. The molecule has 0 saturated heterocycles. The van der Waals surface area contributed by atoms with Gasteiger partial charge >= 0.3 is 0 Å². The quantitative estimate of drug-likeness (QED) is 0.436. The number of nitrogens with zero attached hydrogens (tertiary/aromatic N) is 2. The Labute approximate surface area is 181 Å². The Morgan fingerprint density at radius 2 is 1.77 bits per heavy atom. The fourth-order valence-electron chi connectivity index (χ4n) is 4.32. The topological polar surface area (TPSA) is 60.9 Å². The van der Waals surface area contributed by atoms with Crippen LogP contribution in [0.25, 0.3) is 11.5 Å². The molecule has 2 aromatic carbocycles. The van der Waals surface area contributed by atoms with Crippen LogP contribution in [0.1, 0.15) is 28.4 Å². The van der Waals surface area contributed by atoms with E-state index in [1.54, 1.807) is 20.5 Å². The highest BCUT2D eigenvalue weighted by atomic mass is 16.5. The van der Waals surface area contributed by atoms with Crippen LogP contribution in [0.4, 0.5) is 0 Å². The highest BCUT2D eigenvalue weighted by molar-refractivity contribution is 5.52. The second kappa shape index (κ2) is 8.32. The van der Waals surface area contributed by atoms with Gasteiger partial charge in [-0.3, -0.25) is 4.90 Å². The monoisotopic (exact) mass is 416 g/mol. The first kappa shape index (κ1) is 19.5. The van der Waals surface area contributed by atoms with Gasteiger partial charge in [-0.1, -0.05) is 35.5 Å². The van der Waals surface area contributed by atoms with Gasteiger partial charge in [-0.05, 0) is 47.4 Å². The van der Waals surface area contributed by atoms with Crippen molar-refractivity contribution in [2.24, 2.45) is 0 Å². The van der Waals surface area contributed by atoms with Gasteiger partial charge in [-0.15, -0.1) is 0 Å². The molecule has 6 nitrogen and oxygen atoms in total. The minimum Gasteiger partial charge on any atom is -0.493 e. The average molecular weight is 416 g/mol. The largest absolute Gasteiger partial charge is 0.493 e. The normalized spacial score (nSPS) is 16.1. The number of hydrogen-bond donors (Lipinski definition) is 0. The van der Waals surface area contributed by atoms with E-state index in [9.17, 15) is 0 Å². The van der Waals surface area contributed by atoms with Crippen molar-refractivity contribution in [1.82, 2.24) is 10.1 Å². The summed E-state index contributed by atoms with van der Waals surface area (Å²) in [5.74, 6) is 2.82. The lowest BCUT2D eigenvalue weighted by molar-refractivity contribution is 0.198. The Morgan fingerprint density at radius 1 is 0.968 bits per heavy atom. The molecule has 3 heterocycles. The van der Waals surface area contributed by atoms with Crippen LogP contribution < -0.4 is 9.47 Å². The van der Waals surface area contributed by atoms with E-state index in [4.69, 9.17) is 18.4 Å². The molecule has 0 radical (unpaired) electrons. The zero-order chi connectivity index (χ0) is 21.2. The molecule has 158 valence electrons. The van der Waals surface area contributed by atoms with Crippen LogP contribution in [0.5, 0.6) is 11.5 Å². The molecule has 0 bridgehead atoms. The van der Waals surface area contributed by atoms with E-state index in [2.05, 4.69) is 46.5 Å². The number of aromatic nitrogens is 1. The summed E-state index contributed by atoms with van der Waals surface area (Å²) in [4.78, 5) is 2.42. The van der Waals surface area contributed by atoms with Crippen molar-refractivity contribution in [3.63, 3.8) is 0 Å². The molecule has 1 unspecified atom stereocenters. The Morgan fingerprint density at radius 3 is 2.52 bits per heavy atom. The highest BCUT2D eigenvalue weighted by Crippen LogP contribution is 2.41. The second-order valence-corrected chi connectivity index (χ2v) is 7.60. The van der Waals surface area contributed by atoms with Gasteiger partial charge in [0.25, 0.3) is 0 Å². The molecule has 0 saturated carbocycles. The number of ether oxygens (including phenoxy) is 2. The van der Waals surface area contributed by atoms with Gasteiger partial charge in [0.1, 0.15) is 0 Å². The molecule has 31 heavy (non-hydrogen) atoms. The first-order chi connectivity index (χ1) is 15.3. The van der Waals surface area contributed by atoms with Crippen molar-refractivity contribution < 1.29 is 18.4 Å². The second-order valence-electron chi connectivity index (χ2n) is 7.60. The van der Waals surface area contributed by atoms with E-state index in [-0.39, 0.29) is 6.04 Å². The van der Waals surface area contributed by atoms with Crippen molar-refractivity contribution in [3.8, 4) is 23.0 Å². The molecule has 1 aliphatic heterocycles. The number of methoxy groups -OCH3 is 2. The lowest BCUT2D eigenvalue weighted by atomic mass is 9.87. The average Bonchev–Trinajstić information content (AvgIpc) is 3.51. The highest BCUT2D eigenvalue weighted by Gasteiger charge is 2.31. The molecule has 2 aromatic heterocycles. The number of furan rings is 1. The Balaban J connectivity index is 1.52. The smallest absolute Gasteiger partial charge is 0.202 e. The van der Waals surface area contributed by atoms with Crippen LogP contribution in [-0.2, 0) is 13.0 Å². The fourth-order valence-corrected chi connectivity index (χ4v) is 4.32. The summed E-state index contributed by atoms with van der Waals surface area (Å²) in [6.07, 6.45) is 2.55. The van der Waals surface area contributed by atoms with Crippen LogP contribution >= 0.6 is 0 Å². The lowest BCUT2D eigenvalue weighted by Gasteiger charge is -2.37. The number of hydrogen-bond acceptors (Lipinski definition) is 6. The van der Waals surface area contributed by atoms with E-state index in [1.807, 2.05) is 24.3 Å². The van der Waals surface area contributed by atoms with Crippen LogP contribution in [-0.4, -0.2) is 30.8 Å². The summed E-state index contributed by atoms with van der Waals surface area (Å²) < 4.78 is 22.1. The van der Waals surface area contributed by atoms with Crippen molar-refractivity contribution in [2.75, 3.05) is 20.8 Å². The Kier molecular flexibility index (Phi) is 5.22. The van der Waals surface area contributed by atoms with Crippen molar-refractivity contribution >= 4 is 0 Å². The van der Waals surface area contributed by atoms with E-state index in [0.717, 1.165) is 30.2 Å². The van der Waals surface area contributed by atoms with Crippen LogP contribution in [0.2, 0.25) is 0 Å². The molecule has 1 aliphatic rings. The van der Waals surface area contributed by atoms with Gasteiger partial charge in [-0.25, -0.2) is 0 Å². The number of rotatable bonds is 6. The summed E-state index contributed by atoms with van der Waals surface area (Å²) in [6, 6.07) is 20.5. The molecular weight excluding hydrogens is 392 g/mol. The van der Waals surface area contributed by atoms with Crippen molar-refractivity contribution in [1.29, 1.82) is 0 Å². The van der Waals surface area contributed by atoms with Gasteiger partial charge < -0.3 is 18.4 Å². The third kappa shape index (κ3) is 3.70. The van der Waals surface area contributed by atoms with Gasteiger partial charge in [0, 0.05) is 19.2 Å². The molecule has 6 heteroatoms. The molecule has 0 amide bonds. The summed E-state index contributed by atoms with van der Waals surface area (Å²) in [5.41, 5.74) is 4.60. The maximum absolute atomic E-state index is 5.60. The maximum atomic E-state index is 5.60.